The highest BCUT2D eigenvalue weighted by Gasteiger charge is 2.25. The molecule has 1 unspecified atom stereocenters. The van der Waals surface area contributed by atoms with E-state index in [1.165, 1.54) is 13.8 Å². The van der Waals surface area contributed by atoms with E-state index in [2.05, 4.69) is 5.32 Å². The molecule has 0 aliphatic rings. The van der Waals surface area contributed by atoms with Gasteiger partial charge in [-0.1, -0.05) is 18.2 Å². The van der Waals surface area contributed by atoms with Crippen LogP contribution >= 0.6 is 0 Å². The van der Waals surface area contributed by atoms with Crippen LogP contribution in [0.25, 0.3) is 0 Å². The molecule has 0 heterocycles. The number of esters is 1. The first-order valence-electron chi connectivity index (χ1n) is 5.52. The van der Waals surface area contributed by atoms with E-state index in [0.717, 1.165) is 0 Å². The van der Waals surface area contributed by atoms with Gasteiger partial charge in [0, 0.05) is 13.5 Å². The van der Waals surface area contributed by atoms with Crippen LogP contribution in [0.4, 0.5) is 0 Å². The van der Waals surface area contributed by atoms with Crippen LogP contribution in [0.1, 0.15) is 13.8 Å². The minimum atomic E-state index is -0.978. The van der Waals surface area contributed by atoms with Gasteiger partial charge in [-0.3, -0.25) is 14.4 Å². The van der Waals surface area contributed by atoms with Gasteiger partial charge in [-0.25, -0.2) is 0 Å². The zero-order valence-electron chi connectivity index (χ0n) is 10.3. The lowest BCUT2D eigenvalue weighted by molar-refractivity contribution is -0.143. The molecule has 0 saturated carbocycles. The number of carbonyl (C=O) groups is 3. The molecule has 5 heteroatoms. The second-order valence-corrected chi connectivity index (χ2v) is 3.83. The molecule has 1 N–H and O–H groups in total. The van der Waals surface area contributed by atoms with Gasteiger partial charge in [0.25, 0.3) is 0 Å². The van der Waals surface area contributed by atoms with Gasteiger partial charge >= 0.3 is 5.97 Å². The number of hydrogen-bond donors (Lipinski definition) is 1. The Bertz CT molecular complexity index is 442. The maximum absolute atomic E-state index is 11.8. The van der Waals surface area contributed by atoms with Gasteiger partial charge in [-0.2, -0.15) is 0 Å². The number of amides is 1. The highest BCUT2D eigenvalue weighted by atomic mass is 16.5. The van der Waals surface area contributed by atoms with Crippen LogP contribution in [0, 0.1) is 5.92 Å². The number of ketones is 1. The first-order valence-corrected chi connectivity index (χ1v) is 5.52. The Balaban J connectivity index is 2.65. The zero-order valence-corrected chi connectivity index (χ0v) is 10.3. The van der Waals surface area contributed by atoms with Crippen LogP contribution < -0.4 is 10.1 Å². The van der Waals surface area contributed by atoms with Crippen LogP contribution in [0.15, 0.2) is 30.3 Å². The monoisotopic (exact) mass is 249 g/mol. The van der Waals surface area contributed by atoms with Crippen LogP contribution in [-0.2, 0) is 14.4 Å². The van der Waals surface area contributed by atoms with Crippen molar-refractivity contribution in [1.82, 2.24) is 5.32 Å². The quantitative estimate of drug-likeness (QED) is 0.478. The third-order valence-corrected chi connectivity index (χ3v) is 2.29. The van der Waals surface area contributed by atoms with E-state index in [1.807, 2.05) is 0 Å². The zero-order chi connectivity index (χ0) is 13.5. The second-order valence-electron chi connectivity index (χ2n) is 3.83. The average Bonchev–Trinajstić information content (AvgIpc) is 2.29. The number of rotatable bonds is 5. The van der Waals surface area contributed by atoms with Crippen molar-refractivity contribution in [3.8, 4) is 5.75 Å². The number of nitrogens with one attached hydrogen (secondary N) is 1. The molecule has 18 heavy (non-hydrogen) atoms. The number of hydrogen-bond acceptors (Lipinski definition) is 4. The molecule has 96 valence electrons. The molecular formula is C13H15NO4. The van der Waals surface area contributed by atoms with E-state index in [4.69, 9.17) is 4.74 Å². The molecule has 0 aliphatic heterocycles. The Morgan fingerprint density at radius 1 is 1.17 bits per heavy atom. The molecule has 0 saturated heterocycles. The lowest BCUT2D eigenvalue weighted by Gasteiger charge is -2.13. The van der Waals surface area contributed by atoms with Crippen LogP contribution in [-0.4, -0.2) is 24.2 Å². The third-order valence-electron chi connectivity index (χ3n) is 2.29. The molecule has 0 bridgehead atoms. The number of benzene rings is 1. The molecule has 1 rings (SSSR count). The fourth-order valence-electron chi connectivity index (χ4n) is 1.31. The summed E-state index contributed by atoms with van der Waals surface area (Å²) in [7, 11) is 0. The Morgan fingerprint density at radius 3 is 2.28 bits per heavy atom. The lowest BCUT2D eigenvalue weighted by Crippen LogP contribution is -2.37. The molecule has 0 aromatic heterocycles. The molecule has 1 aromatic rings. The first kappa shape index (κ1) is 13.9. The summed E-state index contributed by atoms with van der Waals surface area (Å²) in [6.45, 7) is 2.56. The first-order chi connectivity index (χ1) is 8.50. The minimum absolute atomic E-state index is 0.0453. The van der Waals surface area contributed by atoms with E-state index in [0.29, 0.717) is 5.75 Å². The summed E-state index contributed by atoms with van der Waals surface area (Å²) in [6.07, 6.45) is 0. The van der Waals surface area contributed by atoms with Gasteiger partial charge in [0.15, 0.2) is 0 Å². The van der Waals surface area contributed by atoms with Crippen LogP contribution in [0.5, 0.6) is 5.75 Å². The lowest BCUT2D eigenvalue weighted by atomic mass is 10.1. The highest BCUT2D eigenvalue weighted by molar-refractivity contribution is 5.99. The third kappa shape index (κ3) is 4.37. The molecule has 5 nitrogen and oxygen atoms in total. The van der Waals surface area contributed by atoms with E-state index in [9.17, 15) is 14.4 Å². The average molecular weight is 249 g/mol. The summed E-state index contributed by atoms with van der Waals surface area (Å²) in [6, 6.07) is 8.47. The maximum Gasteiger partial charge on any atom is 0.323 e. The summed E-state index contributed by atoms with van der Waals surface area (Å²) in [5.74, 6) is -1.91. The van der Waals surface area contributed by atoms with Crippen molar-refractivity contribution in [1.29, 1.82) is 0 Å². The van der Waals surface area contributed by atoms with Gasteiger partial charge in [0.2, 0.25) is 5.91 Å². The molecule has 0 spiro atoms. The smallest absolute Gasteiger partial charge is 0.323 e. The largest absolute Gasteiger partial charge is 0.426 e. The second kappa shape index (κ2) is 6.54. The molecular weight excluding hydrogens is 234 g/mol. The molecule has 1 amide bonds. The van der Waals surface area contributed by atoms with Crippen molar-refractivity contribution in [2.45, 2.75) is 13.8 Å². The SMILES string of the molecule is CC(=O)NCC(C(C)=O)C(=O)Oc1ccccc1. The number of para-hydroxylation sites is 1. The van der Waals surface area contributed by atoms with Gasteiger partial charge in [-0.05, 0) is 19.1 Å². The maximum atomic E-state index is 11.8. The topological polar surface area (TPSA) is 72.5 Å². The van der Waals surface area contributed by atoms with Crippen molar-refractivity contribution >= 4 is 17.7 Å². The predicted molar refractivity (Wildman–Crippen MR) is 64.9 cm³/mol. The molecule has 1 atom stereocenters. The number of Topliss-reactive ketones (excluding diaryl/α,β-unsaturated/α-hetero) is 1. The molecule has 0 aliphatic carbocycles. The van der Waals surface area contributed by atoms with Crippen molar-refractivity contribution in [3.63, 3.8) is 0 Å². The summed E-state index contributed by atoms with van der Waals surface area (Å²) < 4.78 is 5.06. The van der Waals surface area contributed by atoms with Gasteiger partial charge in [-0.15, -0.1) is 0 Å². The summed E-state index contributed by atoms with van der Waals surface area (Å²) >= 11 is 0. The Hall–Kier alpha value is -2.17. The summed E-state index contributed by atoms with van der Waals surface area (Å²) in [5, 5.41) is 2.43. The van der Waals surface area contributed by atoms with E-state index < -0.39 is 11.9 Å². The van der Waals surface area contributed by atoms with Gasteiger partial charge in [0.1, 0.15) is 17.5 Å². The van der Waals surface area contributed by atoms with Crippen molar-refractivity contribution in [3.05, 3.63) is 30.3 Å². The Morgan fingerprint density at radius 2 is 1.78 bits per heavy atom. The molecule has 0 fully saturated rings. The van der Waals surface area contributed by atoms with Crippen LogP contribution in [0.2, 0.25) is 0 Å². The molecule has 1 aromatic carbocycles. The number of carbonyl (C=O) groups excluding carboxylic acids is 3. The fourth-order valence-corrected chi connectivity index (χ4v) is 1.31. The summed E-state index contributed by atoms with van der Waals surface area (Å²) in [5.41, 5.74) is 0. The Kier molecular flexibility index (Phi) is 5.05. The van der Waals surface area contributed by atoms with Crippen molar-refractivity contribution in [2.75, 3.05) is 6.54 Å². The van der Waals surface area contributed by atoms with Gasteiger partial charge in [0.05, 0.1) is 0 Å². The van der Waals surface area contributed by atoms with Crippen molar-refractivity contribution < 1.29 is 19.1 Å². The van der Waals surface area contributed by atoms with E-state index >= 15 is 0 Å². The van der Waals surface area contributed by atoms with E-state index in [1.54, 1.807) is 30.3 Å². The highest BCUT2D eigenvalue weighted by Crippen LogP contribution is 2.11. The van der Waals surface area contributed by atoms with E-state index in [-0.39, 0.29) is 18.2 Å². The van der Waals surface area contributed by atoms with Crippen LogP contribution in [0.3, 0.4) is 0 Å². The molecule has 0 radical (unpaired) electrons. The predicted octanol–water partition coefficient (Wildman–Crippen LogP) is 0.933. The normalized spacial score (nSPS) is 11.4. The van der Waals surface area contributed by atoms with Crippen molar-refractivity contribution in [2.24, 2.45) is 5.92 Å². The minimum Gasteiger partial charge on any atom is -0.426 e. The number of ether oxygens (including phenoxy) is 1. The van der Waals surface area contributed by atoms with Gasteiger partial charge < -0.3 is 10.1 Å². The summed E-state index contributed by atoms with van der Waals surface area (Å²) in [4.78, 5) is 33.9. The fraction of sp³-hybridized carbons (Fsp3) is 0.308. The standard InChI is InChI=1S/C13H15NO4/c1-9(15)12(8-14-10(2)16)13(17)18-11-6-4-3-5-7-11/h3-7,12H,8H2,1-2H3,(H,14,16). The Labute approximate surface area is 105 Å².